The van der Waals surface area contributed by atoms with E-state index in [9.17, 15) is 10.1 Å². The molecule has 4 aromatic carbocycles. The molecule has 178 valence electrons. The van der Waals surface area contributed by atoms with Crippen LogP contribution in [0.4, 0.5) is 0 Å². The Kier molecular flexibility index (Phi) is 5.41. The van der Waals surface area contributed by atoms with Crippen LogP contribution >= 0.6 is 0 Å². The Morgan fingerprint density at radius 2 is 1.56 bits per heavy atom. The summed E-state index contributed by atoms with van der Waals surface area (Å²) in [6.07, 6.45) is -0.799. The maximum Gasteiger partial charge on any atom is 0.264 e. The number of hydrogen-bond donors (Lipinski definition) is 1. The Balaban J connectivity index is 1.69. The van der Waals surface area contributed by atoms with Crippen molar-refractivity contribution in [2.45, 2.75) is 18.1 Å². The first-order chi connectivity index (χ1) is 17.7. The number of aromatic nitrogens is 1. The molecule has 1 aromatic heterocycles. The highest BCUT2D eigenvalue weighted by atomic mass is 16.6. The third-order valence-electron chi connectivity index (χ3n) is 6.95. The van der Waals surface area contributed by atoms with Gasteiger partial charge in [0, 0.05) is 27.0 Å². The molecule has 0 saturated carbocycles. The van der Waals surface area contributed by atoms with Gasteiger partial charge < -0.3 is 14.5 Å². The van der Waals surface area contributed by atoms with Gasteiger partial charge in [0.1, 0.15) is 0 Å². The van der Waals surface area contributed by atoms with Crippen LogP contribution in [0.2, 0.25) is 0 Å². The van der Waals surface area contributed by atoms with Crippen LogP contribution in [0.1, 0.15) is 28.7 Å². The van der Waals surface area contributed by atoms with Crippen LogP contribution in [0, 0.1) is 10.1 Å². The minimum absolute atomic E-state index is 0.193. The maximum atomic E-state index is 12.9. The van der Waals surface area contributed by atoms with E-state index in [1.807, 2.05) is 103 Å². The molecule has 0 amide bonds. The first-order valence-corrected chi connectivity index (χ1v) is 11.9. The minimum Gasteiger partial charge on any atom is -0.493 e. The van der Waals surface area contributed by atoms with Crippen molar-refractivity contribution in [3.63, 3.8) is 0 Å². The van der Waals surface area contributed by atoms with E-state index >= 15 is 0 Å². The van der Waals surface area contributed by atoms with Gasteiger partial charge in [-0.05, 0) is 23.3 Å². The molecular formula is C30H24N2O4. The molecule has 3 atom stereocenters. The zero-order chi connectivity index (χ0) is 24.6. The molecule has 6 nitrogen and oxygen atoms in total. The summed E-state index contributed by atoms with van der Waals surface area (Å²) in [5, 5.41) is 13.8. The molecule has 1 N–H and O–H groups in total. The summed E-state index contributed by atoms with van der Waals surface area (Å²) in [4.78, 5) is 16.2. The number of nitrogens with one attached hydrogen (secondary N) is 1. The first-order valence-electron chi connectivity index (χ1n) is 11.9. The van der Waals surface area contributed by atoms with Crippen LogP contribution in [0.25, 0.3) is 22.2 Å². The lowest BCUT2D eigenvalue weighted by atomic mass is 9.77. The molecule has 1 aliphatic heterocycles. The number of hydrogen-bond acceptors (Lipinski definition) is 4. The van der Waals surface area contributed by atoms with Crippen LogP contribution in [0.15, 0.2) is 103 Å². The lowest BCUT2D eigenvalue weighted by Crippen LogP contribution is -2.41. The van der Waals surface area contributed by atoms with Crippen LogP contribution in [-0.4, -0.2) is 23.1 Å². The van der Waals surface area contributed by atoms with Crippen LogP contribution in [-0.2, 0) is 0 Å². The van der Waals surface area contributed by atoms with Gasteiger partial charge in [-0.1, -0.05) is 91.0 Å². The quantitative estimate of drug-likeness (QED) is 0.225. The number of nitrogens with zero attached hydrogens (tertiary/aromatic N) is 1. The third kappa shape index (κ3) is 3.50. The fourth-order valence-corrected chi connectivity index (χ4v) is 5.41. The van der Waals surface area contributed by atoms with Crippen molar-refractivity contribution in [3.8, 4) is 22.8 Å². The highest BCUT2D eigenvalue weighted by molar-refractivity contribution is 5.92. The SMILES string of the molecule is COc1cccc2c1O[C@@H](c1ccccc1)[C@@H]([N+](=O)[O-])[C@@H]2c1c(-c2ccccc2)[nH]c2ccccc12. The van der Waals surface area contributed by atoms with Crippen LogP contribution < -0.4 is 9.47 Å². The second-order valence-electron chi connectivity index (χ2n) is 8.91. The van der Waals surface area contributed by atoms with Gasteiger partial charge in [-0.15, -0.1) is 0 Å². The molecule has 0 bridgehead atoms. The summed E-state index contributed by atoms with van der Waals surface area (Å²) in [5.74, 6) is 0.512. The molecule has 2 heterocycles. The van der Waals surface area contributed by atoms with E-state index in [0.29, 0.717) is 11.5 Å². The summed E-state index contributed by atoms with van der Waals surface area (Å²) in [6, 6.07) is 31.9. The third-order valence-corrected chi connectivity index (χ3v) is 6.95. The average molecular weight is 477 g/mol. The number of fused-ring (bicyclic) bond motifs is 2. The second kappa shape index (κ2) is 8.89. The summed E-state index contributed by atoms with van der Waals surface area (Å²) >= 11 is 0. The van der Waals surface area contributed by atoms with E-state index in [1.54, 1.807) is 7.11 Å². The van der Waals surface area contributed by atoms with Gasteiger partial charge in [-0.2, -0.15) is 0 Å². The van der Waals surface area contributed by atoms with Crippen molar-refractivity contribution in [2.24, 2.45) is 0 Å². The molecule has 1 aliphatic rings. The molecule has 0 fully saturated rings. The summed E-state index contributed by atoms with van der Waals surface area (Å²) in [7, 11) is 1.59. The van der Waals surface area contributed by atoms with E-state index in [2.05, 4.69) is 4.98 Å². The summed E-state index contributed by atoms with van der Waals surface area (Å²) < 4.78 is 12.1. The van der Waals surface area contributed by atoms with Crippen molar-refractivity contribution in [1.82, 2.24) is 4.98 Å². The topological polar surface area (TPSA) is 77.4 Å². The monoisotopic (exact) mass is 476 g/mol. The lowest BCUT2D eigenvalue weighted by Gasteiger charge is -2.36. The number of nitro groups is 1. The Bertz CT molecular complexity index is 1550. The number of ether oxygens (including phenoxy) is 2. The van der Waals surface area contributed by atoms with E-state index in [1.165, 1.54) is 0 Å². The molecule has 0 saturated heterocycles. The van der Waals surface area contributed by atoms with Crippen molar-refractivity contribution >= 4 is 10.9 Å². The number of benzene rings is 4. The van der Waals surface area contributed by atoms with Crippen molar-refractivity contribution in [1.29, 1.82) is 0 Å². The number of aromatic amines is 1. The van der Waals surface area contributed by atoms with E-state index in [-0.39, 0.29) is 4.92 Å². The second-order valence-corrected chi connectivity index (χ2v) is 8.91. The van der Waals surface area contributed by atoms with Crippen LogP contribution in [0.3, 0.4) is 0 Å². The zero-order valence-corrected chi connectivity index (χ0v) is 19.6. The molecule has 0 spiro atoms. The molecule has 36 heavy (non-hydrogen) atoms. The Hall–Kier alpha value is -4.58. The Morgan fingerprint density at radius 1 is 0.861 bits per heavy atom. The lowest BCUT2D eigenvalue weighted by molar-refractivity contribution is -0.538. The molecule has 0 aliphatic carbocycles. The fourth-order valence-electron chi connectivity index (χ4n) is 5.41. The average Bonchev–Trinajstić information content (AvgIpc) is 3.32. The van der Waals surface area contributed by atoms with Crippen molar-refractivity contribution in [2.75, 3.05) is 7.11 Å². The summed E-state index contributed by atoms with van der Waals surface area (Å²) in [5.41, 5.74) is 5.15. The predicted molar refractivity (Wildman–Crippen MR) is 139 cm³/mol. The number of H-pyrrole nitrogens is 1. The molecule has 5 aromatic rings. The number of para-hydroxylation sites is 2. The highest BCUT2D eigenvalue weighted by Gasteiger charge is 2.50. The van der Waals surface area contributed by atoms with Gasteiger partial charge in [-0.25, -0.2) is 0 Å². The number of methoxy groups -OCH3 is 1. The van der Waals surface area contributed by atoms with Crippen molar-refractivity contribution in [3.05, 3.63) is 130 Å². The molecule has 6 heteroatoms. The first kappa shape index (κ1) is 21.9. The largest absolute Gasteiger partial charge is 0.493 e. The predicted octanol–water partition coefficient (Wildman–Crippen LogP) is 6.75. The van der Waals surface area contributed by atoms with Crippen molar-refractivity contribution < 1.29 is 14.4 Å². The smallest absolute Gasteiger partial charge is 0.264 e. The van der Waals surface area contributed by atoms with Gasteiger partial charge in [0.25, 0.3) is 6.04 Å². The standard InChI is InChI=1S/C30H24N2O4/c1-35-24-18-10-16-22-26(28(32(33)34)29(36-30(22)24)20-13-6-3-7-14-20)25-21-15-8-9-17-23(21)31-27(25)19-11-4-2-5-12-19/h2-18,26,28-29,31H,1H3/t26-,28-,29-/m0/s1. The van der Waals surface area contributed by atoms with E-state index < -0.39 is 18.1 Å². The van der Waals surface area contributed by atoms with Gasteiger partial charge in [-0.3, -0.25) is 10.1 Å². The van der Waals surface area contributed by atoms with E-state index in [4.69, 9.17) is 9.47 Å². The minimum atomic E-state index is -1.06. The highest BCUT2D eigenvalue weighted by Crippen LogP contribution is 2.53. The van der Waals surface area contributed by atoms with Gasteiger partial charge in [0.15, 0.2) is 17.6 Å². The molecule has 6 rings (SSSR count). The molecular weight excluding hydrogens is 452 g/mol. The van der Waals surface area contributed by atoms with Gasteiger partial charge >= 0.3 is 0 Å². The fraction of sp³-hybridized carbons (Fsp3) is 0.133. The zero-order valence-electron chi connectivity index (χ0n) is 19.6. The molecule has 0 radical (unpaired) electrons. The molecule has 0 unspecified atom stereocenters. The Morgan fingerprint density at radius 3 is 2.28 bits per heavy atom. The van der Waals surface area contributed by atoms with Gasteiger partial charge in [0.05, 0.1) is 18.7 Å². The Labute approximate surface area is 208 Å². The normalized spacial score (nSPS) is 18.9. The number of rotatable bonds is 5. The maximum absolute atomic E-state index is 12.9. The summed E-state index contributed by atoms with van der Waals surface area (Å²) in [6.45, 7) is 0. The van der Waals surface area contributed by atoms with Crippen LogP contribution in [0.5, 0.6) is 11.5 Å². The van der Waals surface area contributed by atoms with E-state index in [0.717, 1.165) is 38.9 Å². The van der Waals surface area contributed by atoms with Gasteiger partial charge in [0.2, 0.25) is 0 Å².